The van der Waals surface area contributed by atoms with Crippen LogP contribution in [0.15, 0.2) is 24.8 Å². The lowest BCUT2D eigenvalue weighted by atomic mass is 9.97. The fourth-order valence-corrected chi connectivity index (χ4v) is 1.59. The third-order valence-electron chi connectivity index (χ3n) is 2.23. The molecule has 2 aliphatic rings. The van der Waals surface area contributed by atoms with E-state index in [9.17, 15) is 9.59 Å². The van der Waals surface area contributed by atoms with Crippen molar-refractivity contribution in [1.29, 1.82) is 0 Å². The number of β-lactam (4-membered cyclic amide) rings is 1. The molecule has 1 spiro atoms. The van der Waals surface area contributed by atoms with E-state index in [1.54, 1.807) is 12.2 Å². The van der Waals surface area contributed by atoms with Crippen LogP contribution in [0.2, 0.25) is 0 Å². The standard InChI is InChI=1S/C9H9NO3/c1-2-5-10-7(11)6-9(10)4-3-8(12)13-9/h2-4H,1,5-6H2. The lowest BCUT2D eigenvalue weighted by molar-refractivity contribution is -0.194. The number of ether oxygens (including phenoxy) is 1. The lowest BCUT2D eigenvalue weighted by Crippen LogP contribution is -2.63. The molecule has 4 heteroatoms. The number of esters is 1. The molecule has 0 saturated carbocycles. The highest BCUT2D eigenvalue weighted by Gasteiger charge is 2.54. The maximum atomic E-state index is 11.1. The molecule has 13 heavy (non-hydrogen) atoms. The predicted octanol–water partition coefficient (Wildman–Crippen LogP) is 0.214. The predicted molar refractivity (Wildman–Crippen MR) is 44.5 cm³/mol. The minimum absolute atomic E-state index is 0.0146. The Balaban J connectivity index is 2.17. The smallest absolute Gasteiger partial charge is 0.333 e. The summed E-state index contributed by atoms with van der Waals surface area (Å²) in [5.74, 6) is -0.402. The number of carbonyl (C=O) groups is 2. The molecule has 1 fully saturated rings. The zero-order valence-corrected chi connectivity index (χ0v) is 7.03. The van der Waals surface area contributed by atoms with Crippen molar-refractivity contribution < 1.29 is 14.3 Å². The molecular formula is C9H9NO3. The Morgan fingerprint density at radius 2 is 2.46 bits per heavy atom. The zero-order chi connectivity index (χ0) is 9.47. The van der Waals surface area contributed by atoms with Crippen molar-refractivity contribution in [2.45, 2.75) is 12.1 Å². The van der Waals surface area contributed by atoms with Gasteiger partial charge in [-0.15, -0.1) is 6.58 Å². The van der Waals surface area contributed by atoms with E-state index in [1.807, 2.05) is 0 Å². The summed E-state index contributed by atoms with van der Waals surface area (Å²) < 4.78 is 5.03. The van der Waals surface area contributed by atoms with Crippen molar-refractivity contribution in [2.75, 3.05) is 6.54 Å². The summed E-state index contributed by atoms with van der Waals surface area (Å²) in [6.45, 7) is 3.95. The van der Waals surface area contributed by atoms with E-state index < -0.39 is 5.72 Å². The third-order valence-corrected chi connectivity index (χ3v) is 2.23. The minimum atomic E-state index is -0.789. The topological polar surface area (TPSA) is 46.6 Å². The third kappa shape index (κ3) is 0.983. The van der Waals surface area contributed by atoms with Gasteiger partial charge < -0.3 is 4.74 Å². The van der Waals surface area contributed by atoms with Crippen LogP contribution in [0.1, 0.15) is 6.42 Å². The van der Waals surface area contributed by atoms with Crippen LogP contribution in [0.25, 0.3) is 0 Å². The number of likely N-dealkylation sites (tertiary alicyclic amines) is 1. The van der Waals surface area contributed by atoms with E-state index in [4.69, 9.17) is 4.74 Å². The summed E-state index contributed by atoms with van der Waals surface area (Å²) in [4.78, 5) is 23.5. The van der Waals surface area contributed by atoms with Gasteiger partial charge in [-0.25, -0.2) is 4.79 Å². The monoisotopic (exact) mass is 179 g/mol. The molecule has 0 N–H and O–H groups in total. The van der Waals surface area contributed by atoms with Crippen LogP contribution in [0.5, 0.6) is 0 Å². The molecule has 2 heterocycles. The quantitative estimate of drug-likeness (QED) is 0.346. The second-order valence-corrected chi connectivity index (χ2v) is 3.07. The molecule has 2 rings (SSSR count). The van der Waals surface area contributed by atoms with Crippen LogP contribution in [0.3, 0.4) is 0 Å². The van der Waals surface area contributed by atoms with E-state index in [-0.39, 0.29) is 18.3 Å². The first-order valence-corrected chi connectivity index (χ1v) is 4.01. The average molecular weight is 179 g/mol. The molecule has 68 valence electrons. The Morgan fingerprint density at radius 1 is 1.69 bits per heavy atom. The lowest BCUT2D eigenvalue weighted by Gasteiger charge is -2.46. The van der Waals surface area contributed by atoms with Gasteiger partial charge in [0.15, 0.2) is 0 Å². The number of nitrogens with zero attached hydrogens (tertiary/aromatic N) is 1. The second kappa shape index (κ2) is 2.45. The molecule has 0 aromatic heterocycles. The second-order valence-electron chi connectivity index (χ2n) is 3.07. The highest BCUT2D eigenvalue weighted by atomic mass is 16.6. The molecule has 4 nitrogen and oxygen atoms in total. The molecule has 0 aromatic rings. The van der Waals surface area contributed by atoms with Crippen LogP contribution < -0.4 is 0 Å². The summed E-state index contributed by atoms with van der Waals surface area (Å²) in [5, 5.41) is 0. The maximum Gasteiger partial charge on any atom is 0.333 e. The summed E-state index contributed by atoms with van der Waals surface area (Å²) in [6, 6.07) is 0. The van der Waals surface area contributed by atoms with Crippen LogP contribution in [-0.2, 0) is 14.3 Å². The number of hydrogen-bond donors (Lipinski definition) is 0. The van der Waals surface area contributed by atoms with Crippen molar-refractivity contribution in [3.8, 4) is 0 Å². The average Bonchev–Trinajstić information content (AvgIpc) is 2.46. The molecule has 2 aliphatic heterocycles. The van der Waals surface area contributed by atoms with Crippen LogP contribution in [-0.4, -0.2) is 29.0 Å². The van der Waals surface area contributed by atoms with E-state index in [0.29, 0.717) is 6.54 Å². The van der Waals surface area contributed by atoms with Crippen molar-refractivity contribution in [1.82, 2.24) is 4.90 Å². The normalized spacial score (nSPS) is 30.6. The molecule has 1 atom stereocenters. The summed E-state index contributed by atoms with van der Waals surface area (Å²) >= 11 is 0. The highest BCUT2D eigenvalue weighted by molar-refractivity contribution is 5.92. The highest BCUT2D eigenvalue weighted by Crippen LogP contribution is 2.37. The van der Waals surface area contributed by atoms with Crippen LogP contribution >= 0.6 is 0 Å². The maximum absolute atomic E-state index is 11.1. The van der Waals surface area contributed by atoms with E-state index in [0.717, 1.165) is 0 Å². The van der Waals surface area contributed by atoms with Crippen molar-refractivity contribution in [2.24, 2.45) is 0 Å². The summed E-state index contributed by atoms with van der Waals surface area (Å²) in [5.41, 5.74) is -0.789. The van der Waals surface area contributed by atoms with Gasteiger partial charge in [-0.05, 0) is 6.08 Å². The fraction of sp³-hybridized carbons (Fsp3) is 0.333. The number of rotatable bonds is 2. The van der Waals surface area contributed by atoms with Crippen LogP contribution in [0, 0.1) is 0 Å². The summed E-state index contributed by atoms with van der Waals surface area (Å²) in [6.07, 6.45) is 4.84. The first-order valence-electron chi connectivity index (χ1n) is 4.01. The molecule has 1 amide bonds. The van der Waals surface area contributed by atoms with Gasteiger partial charge in [-0.2, -0.15) is 0 Å². The Bertz CT molecular complexity index is 321. The van der Waals surface area contributed by atoms with Gasteiger partial charge in [-0.3, -0.25) is 9.69 Å². The van der Waals surface area contributed by atoms with Gasteiger partial charge >= 0.3 is 5.97 Å². The number of hydrogen-bond acceptors (Lipinski definition) is 3. The van der Waals surface area contributed by atoms with Gasteiger partial charge in [0.2, 0.25) is 11.6 Å². The summed E-state index contributed by atoms with van der Waals surface area (Å²) in [7, 11) is 0. The van der Waals surface area contributed by atoms with Gasteiger partial charge in [0.1, 0.15) is 0 Å². The molecule has 0 radical (unpaired) electrons. The van der Waals surface area contributed by atoms with Gasteiger partial charge in [0.05, 0.1) is 6.42 Å². The van der Waals surface area contributed by atoms with Gasteiger partial charge in [0, 0.05) is 12.6 Å². The van der Waals surface area contributed by atoms with Crippen LogP contribution in [0.4, 0.5) is 0 Å². The number of amides is 1. The van der Waals surface area contributed by atoms with E-state index in [2.05, 4.69) is 6.58 Å². The SMILES string of the molecule is C=CCN1C(=O)CC12C=CC(=O)O2. The Kier molecular flexibility index (Phi) is 1.52. The molecule has 0 aliphatic carbocycles. The van der Waals surface area contributed by atoms with E-state index >= 15 is 0 Å². The molecule has 0 aromatic carbocycles. The van der Waals surface area contributed by atoms with Crippen molar-refractivity contribution in [3.63, 3.8) is 0 Å². The molecule has 0 bridgehead atoms. The largest absolute Gasteiger partial charge is 0.431 e. The van der Waals surface area contributed by atoms with Gasteiger partial charge in [-0.1, -0.05) is 6.08 Å². The van der Waals surface area contributed by atoms with E-state index in [1.165, 1.54) is 11.0 Å². The Morgan fingerprint density at radius 3 is 2.92 bits per heavy atom. The minimum Gasteiger partial charge on any atom is -0.431 e. The first kappa shape index (κ1) is 8.04. The van der Waals surface area contributed by atoms with Crippen molar-refractivity contribution >= 4 is 11.9 Å². The van der Waals surface area contributed by atoms with Gasteiger partial charge in [0.25, 0.3) is 0 Å². The molecule has 1 unspecified atom stereocenters. The Hall–Kier alpha value is -1.58. The number of carbonyl (C=O) groups excluding carboxylic acids is 2. The zero-order valence-electron chi connectivity index (χ0n) is 7.03. The van der Waals surface area contributed by atoms with Crippen molar-refractivity contribution in [3.05, 3.63) is 24.8 Å². The molecular weight excluding hydrogens is 170 g/mol. The Labute approximate surface area is 75.5 Å². The fourth-order valence-electron chi connectivity index (χ4n) is 1.59. The first-order chi connectivity index (χ1) is 6.18. The molecule has 1 saturated heterocycles.